The minimum atomic E-state index is -0.442. The van der Waals surface area contributed by atoms with Gasteiger partial charge in [-0.1, -0.05) is 27.2 Å². The molecule has 0 radical (unpaired) electrons. The molecule has 0 aromatic rings. The van der Waals surface area contributed by atoms with Crippen LogP contribution >= 0.6 is 0 Å². The number of rotatable bonds is 5. The summed E-state index contributed by atoms with van der Waals surface area (Å²) in [5, 5.41) is 6.62. The quantitative estimate of drug-likeness (QED) is 0.747. The molecule has 4 heteroatoms. The van der Waals surface area contributed by atoms with Gasteiger partial charge in [0, 0.05) is 18.6 Å². The summed E-state index contributed by atoms with van der Waals surface area (Å²) in [5.74, 6) is 0. The topological polar surface area (TPSA) is 50.4 Å². The van der Waals surface area contributed by atoms with Crippen LogP contribution in [0.15, 0.2) is 0 Å². The molecule has 1 aliphatic carbocycles. The first-order valence-corrected chi connectivity index (χ1v) is 8.84. The van der Waals surface area contributed by atoms with E-state index in [0.717, 1.165) is 13.0 Å². The molecule has 2 N–H and O–H groups in total. The summed E-state index contributed by atoms with van der Waals surface area (Å²) in [5.41, 5.74) is 0.0397. The number of hydrogen-bond donors (Lipinski definition) is 2. The third kappa shape index (κ3) is 8.02. The lowest BCUT2D eigenvalue weighted by molar-refractivity contribution is 0.0501. The van der Waals surface area contributed by atoms with Crippen LogP contribution in [0, 0.1) is 5.41 Å². The second-order valence-corrected chi connectivity index (χ2v) is 8.45. The van der Waals surface area contributed by atoms with Crippen LogP contribution < -0.4 is 10.6 Å². The van der Waals surface area contributed by atoms with Gasteiger partial charge in [0.2, 0.25) is 0 Å². The molecule has 130 valence electrons. The van der Waals surface area contributed by atoms with Gasteiger partial charge >= 0.3 is 6.09 Å². The van der Waals surface area contributed by atoms with Gasteiger partial charge in [-0.3, -0.25) is 0 Å². The molecule has 2 unspecified atom stereocenters. The monoisotopic (exact) mass is 312 g/mol. The lowest BCUT2D eigenvalue weighted by Gasteiger charge is -2.25. The summed E-state index contributed by atoms with van der Waals surface area (Å²) in [4.78, 5) is 11.9. The Hall–Kier alpha value is -0.770. The number of carbonyl (C=O) groups excluding carboxylic acids is 1. The van der Waals surface area contributed by atoms with Gasteiger partial charge in [-0.15, -0.1) is 0 Å². The van der Waals surface area contributed by atoms with Gasteiger partial charge in [0.15, 0.2) is 0 Å². The van der Waals surface area contributed by atoms with Crippen molar-refractivity contribution in [3.63, 3.8) is 0 Å². The van der Waals surface area contributed by atoms with Crippen molar-refractivity contribution in [3.8, 4) is 0 Å². The zero-order valence-electron chi connectivity index (χ0n) is 15.4. The molecule has 0 aromatic carbocycles. The summed E-state index contributed by atoms with van der Waals surface area (Å²) in [6, 6.07) is 0.711. The molecule has 2 atom stereocenters. The Kier molecular flexibility index (Phi) is 7.17. The first-order valence-electron chi connectivity index (χ1n) is 8.84. The molecule has 1 aliphatic rings. The van der Waals surface area contributed by atoms with Crippen molar-refractivity contribution in [3.05, 3.63) is 0 Å². The maximum atomic E-state index is 11.9. The van der Waals surface area contributed by atoms with Crippen molar-refractivity contribution >= 4 is 6.09 Å². The molecule has 0 bridgehead atoms. The van der Waals surface area contributed by atoms with Crippen LogP contribution in [0.1, 0.15) is 80.1 Å². The van der Waals surface area contributed by atoms with E-state index in [-0.39, 0.29) is 12.1 Å². The summed E-state index contributed by atoms with van der Waals surface area (Å²) in [6.07, 6.45) is 6.95. The summed E-state index contributed by atoms with van der Waals surface area (Å²) >= 11 is 0. The van der Waals surface area contributed by atoms with Gasteiger partial charge in [0.25, 0.3) is 0 Å². The van der Waals surface area contributed by atoms with E-state index in [4.69, 9.17) is 4.74 Å². The SMILES string of the molecule is CCC(CNC1CCCC(C)(C)CC1)NC(=O)OC(C)(C)C. The Bertz CT molecular complexity index is 347. The fourth-order valence-corrected chi connectivity index (χ4v) is 2.95. The highest BCUT2D eigenvalue weighted by Crippen LogP contribution is 2.33. The van der Waals surface area contributed by atoms with Gasteiger partial charge in [-0.2, -0.15) is 0 Å². The molecule has 0 aromatic heterocycles. The molecule has 0 saturated heterocycles. The first-order chi connectivity index (χ1) is 10.1. The van der Waals surface area contributed by atoms with Crippen LogP contribution in [0.4, 0.5) is 4.79 Å². The van der Waals surface area contributed by atoms with Crippen LogP contribution in [-0.4, -0.2) is 30.3 Å². The van der Waals surface area contributed by atoms with Gasteiger partial charge < -0.3 is 15.4 Å². The lowest BCUT2D eigenvalue weighted by atomic mass is 9.85. The van der Waals surface area contributed by atoms with Crippen molar-refractivity contribution in [1.29, 1.82) is 0 Å². The van der Waals surface area contributed by atoms with Crippen molar-refractivity contribution in [2.45, 2.75) is 97.8 Å². The number of hydrogen-bond acceptors (Lipinski definition) is 3. The summed E-state index contributed by atoms with van der Waals surface area (Å²) in [6.45, 7) is 13.3. The zero-order chi connectivity index (χ0) is 16.8. The van der Waals surface area contributed by atoms with E-state index >= 15 is 0 Å². The second kappa shape index (κ2) is 8.19. The minimum absolute atomic E-state index is 0.131. The normalized spacial score (nSPS) is 23.5. The van der Waals surface area contributed by atoms with Gasteiger partial charge in [0.1, 0.15) is 5.60 Å². The predicted molar refractivity (Wildman–Crippen MR) is 92.1 cm³/mol. The van der Waals surface area contributed by atoms with Crippen LogP contribution in [0.3, 0.4) is 0 Å². The highest BCUT2D eigenvalue weighted by molar-refractivity contribution is 5.68. The van der Waals surface area contributed by atoms with E-state index in [1.54, 1.807) is 0 Å². The van der Waals surface area contributed by atoms with E-state index in [2.05, 4.69) is 31.4 Å². The Morgan fingerprint density at radius 3 is 2.55 bits per heavy atom. The molecule has 1 saturated carbocycles. The largest absolute Gasteiger partial charge is 0.444 e. The first kappa shape index (κ1) is 19.3. The molecule has 1 fully saturated rings. The van der Waals surface area contributed by atoms with E-state index < -0.39 is 5.60 Å². The molecule has 1 amide bonds. The molecular weight excluding hydrogens is 276 g/mol. The number of alkyl carbamates (subject to hydrolysis) is 1. The second-order valence-electron chi connectivity index (χ2n) is 8.45. The smallest absolute Gasteiger partial charge is 0.407 e. The average molecular weight is 312 g/mol. The van der Waals surface area contributed by atoms with Crippen LogP contribution in [0.25, 0.3) is 0 Å². The fourth-order valence-electron chi connectivity index (χ4n) is 2.95. The molecule has 4 nitrogen and oxygen atoms in total. The van der Waals surface area contributed by atoms with Crippen molar-refractivity contribution in [1.82, 2.24) is 10.6 Å². The van der Waals surface area contributed by atoms with E-state index in [9.17, 15) is 4.79 Å². The number of ether oxygens (including phenoxy) is 1. The third-order valence-electron chi connectivity index (χ3n) is 4.44. The molecule has 1 rings (SSSR count). The number of carbonyl (C=O) groups is 1. The Balaban J connectivity index is 2.36. The minimum Gasteiger partial charge on any atom is -0.444 e. The highest BCUT2D eigenvalue weighted by atomic mass is 16.6. The number of nitrogens with one attached hydrogen (secondary N) is 2. The Labute approximate surface area is 136 Å². The standard InChI is InChI=1S/C18H36N2O2/c1-7-14(20-16(21)22-17(2,3)4)13-19-15-9-8-11-18(5,6)12-10-15/h14-15,19H,7-13H2,1-6H3,(H,20,21). The van der Waals surface area contributed by atoms with Crippen molar-refractivity contribution < 1.29 is 9.53 Å². The van der Waals surface area contributed by atoms with Crippen LogP contribution in [0.5, 0.6) is 0 Å². The maximum absolute atomic E-state index is 11.9. The van der Waals surface area contributed by atoms with Gasteiger partial charge in [-0.25, -0.2) is 4.79 Å². The summed E-state index contributed by atoms with van der Waals surface area (Å²) in [7, 11) is 0. The fraction of sp³-hybridized carbons (Fsp3) is 0.944. The van der Waals surface area contributed by atoms with E-state index in [1.807, 2.05) is 20.8 Å². The Morgan fingerprint density at radius 2 is 1.95 bits per heavy atom. The van der Waals surface area contributed by atoms with Crippen LogP contribution in [-0.2, 0) is 4.74 Å². The third-order valence-corrected chi connectivity index (χ3v) is 4.44. The number of amides is 1. The van der Waals surface area contributed by atoms with E-state index in [1.165, 1.54) is 32.1 Å². The zero-order valence-corrected chi connectivity index (χ0v) is 15.4. The highest BCUT2D eigenvalue weighted by Gasteiger charge is 2.25. The summed E-state index contributed by atoms with van der Waals surface area (Å²) < 4.78 is 5.33. The maximum Gasteiger partial charge on any atom is 0.407 e. The Morgan fingerprint density at radius 1 is 1.27 bits per heavy atom. The van der Waals surface area contributed by atoms with E-state index in [0.29, 0.717) is 11.5 Å². The van der Waals surface area contributed by atoms with Crippen molar-refractivity contribution in [2.24, 2.45) is 5.41 Å². The van der Waals surface area contributed by atoms with Gasteiger partial charge in [0.05, 0.1) is 0 Å². The predicted octanol–water partition coefficient (Wildman–Crippen LogP) is 4.24. The molecule has 22 heavy (non-hydrogen) atoms. The van der Waals surface area contributed by atoms with Gasteiger partial charge in [-0.05, 0) is 58.3 Å². The van der Waals surface area contributed by atoms with Crippen molar-refractivity contribution in [2.75, 3.05) is 6.54 Å². The molecular formula is C18H36N2O2. The van der Waals surface area contributed by atoms with Crippen LogP contribution in [0.2, 0.25) is 0 Å². The molecule has 0 heterocycles. The molecule has 0 spiro atoms. The lowest BCUT2D eigenvalue weighted by Crippen LogP contribution is -2.46. The average Bonchev–Trinajstić information content (AvgIpc) is 2.53. The molecule has 0 aliphatic heterocycles.